The van der Waals surface area contributed by atoms with Gasteiger partial charge in [-0.2, -0.15) is 0 Å². The van der Waals surface area contributed by atoms with Gasteiger partial charge in [-0.05, 0) is 36.6 Å². The molecule has 118 valence electrons. The predicted molar refractivity (Wildman–Crippen MR) is 88.6 cm³/mol. The van der Waals surface area contributed by atoms with Crippen molar-refractivity contribution in [1.29, 1.82) is 0 Å². The van der Waals surface area contributed by atoms with Crippen molar-refractivity contribution in [3.05, 3.63) is 43.0 Å². The van der Waals surface area contributed by atoms with Gasteiger partial charge < -0.3 is 15.0 Å². The first-order chi connectivity index (χ1) is 10.7. The van der Waals surface area contributed by atoms with E-state index in [4.69, 9.17) is 10.5 Å². The molecular weight excluding hydrogens is 274 g/mol. The number of aromatic nitrogens is 2. The fraction of sp³-hybridized carbons (Fsp3) is 0.500. The van der Waals surface area contributed by atoms with Crippen LogP contribution in [0.25, 0.3) is 0 Å². The normalized spacial score (nSPS) is 23.1. The summed E-state index contributed by atoms with van der Waals surface area (Å²) in [5.41, 5.74) is 6.53. The Labute approximate surface area is 132 Å². The van der Waals surface area contributed by atoms with Gasteiger partial charge in [0.2, 0.25) is 0 Å². The zero-order chi connectivity index (χ0) is 15.4. The Bertz CT molecular complexity index is 565. The highest BCUT2D eigenvalue weighted by Gasteiger charge is 2.31. The van der Waals surface area contributed by atoms with E-state index in [1.807, 2.05) is 43.0 Å². The van der Waals surface area contributed by atoms with Crippen molar-refractivity contribution in [1.82, 2.24) is 9.55 Å². The minimum atomic E-state index is 0.174. The molecule has 1 aromatic heterocycles. The van der Waals surface area contributed by atoms with Crippen molar-refractivity contribution in [2.24, 2.45) is 11.8 Å². The van der Waals surface area contributed by atoms with Gasteiger partial charge in [-0.3, -0.25) is 0 Å². The molecule has 3 rings (SSSR count). The third-order valence-corrected chi connectivity index (χ3v) is 4.77. The van der Waals surface area contributed by atoms with E-state index in [1.54, 1.807) is 0 Å². The van der Waals surface area contributed by atoms with E-state index < -0.39 is 0 Å². The van der Waals surface area contributed by atoms with Crippen LogP contribution in [0.4, 0.5) is 5.69 Å². The fourth-order valence-electron chi connectivity index (χ4n) is 3.48. The summed E-state index contributed by atoms with van der Waals surface area (Å²) in [4.78, 5) is 4.15. The Morgan fingerprint density at radius 3 is 2.73 bits per heavy atom. The molecule has 0 aliphatic heterocycles. The van der Waals surface area contributed by atoms with E-state index in [1.165, 1.54) is 25.7 Å². The molecule has 0 spiro atoms. The molecule has 0 amide bonds. The molecule has 22 heavy (non-hydrogen) atoms. The lowest BCUT2D eigenvalue weighted by atomic mass is 9.77. The molecule has 2 N–H and O–H groups in total. The Kier molecular flexibility index (Phi) is 4.66. The monoisotopic (exact) mass is 299 g/mol. The van der Waals surface area contributed by atoms with E-state index in [0.717, 1.165) is 18.0 Å². The zero-order valence-corrected chi connectivity index (χ0v) is 13.2. The van der Waals surface area contributed by atoms with Gasteiger partial charge in [0.05, 0.1) is 12.9 Å². The number of nitrogens with zero attached hydrogens (tertiary/aromatic N) is 2. The molecule has 3 unspecified atom stereocenters. The van der Waals surface area contributed by atoms with Gasteiger partial charge in [-0.25, -0.2) is 4.98 Å². The quantitative estimate of drug-likeness (QED) is 0.856. The number of ether oxygens (including phenoxy) is 1. The van der Waals surface area contributed by atoms with Gasteiger partial charge in [-0.15, -0.1) is 0 Å². The molecule has 1 fully saturated rings. The molecule has 0 saturated heterocycles. The van der Waals surface area contributed by atoms with Crippen LogP contribution in [0.5, 0.6) is 5.75 Å². The van der Waals surface area contributed by atoms with Crippen LogP contribution in [-0.4, -0.2) is 15.7 Å². The first-order valence-electron chi connectivity index (χ1n) is 8.20. The summed E-state index contributed by atoms with van der Waals surface area (Å²) in [6.45, 7) is 3.20. The maximum Gasteiger partial charge on any atom is 0.120 e. The second-order valence-corrected chi connectivity index (χ2v) is 6.41. The predicted octanol–water partition coefficient (Wildman–Crippen LogP) is 3.74. The largest absolute Gasteiger partial charge is 0.488 e. The minimum absolute atomic E-state index is 0.174. The Morgan fingerprint density at radius 1 is 1.27 bits per heavy atom. The zero-order valence-electron chi connectivity index (χ0n) is 13.2. The average Bonchev–Trinajstić information content (AvgIpc) is 3.02. The molecular formula is C18H25N3O. The van der Waals surface area contributed by atoms with Crippen LogP contribution < -0.4 is 10.5 Å². The van der Waals surface area contributed by atoms with E-state index in [9.17, 15) is 0 Å². The molecule has 2 aromatic rings. The van der Waals surface area contributed by atoms with Crippen molar-refractivity contribution in [2.45, 2.75) is 45.3 Å². The third-order valence-electron chi connectivity index (χ3n) is 4.77. The summed E-state index contributed by atoms with van der Waals surface area (Å²) in [5, 5.41) is 0. The van der Waals surface area contributed by atoms with Crippen molar-refractivity contribution in [2.75, 3.05) is 5.73 Å². The fourth-order valence-corrected chi connectivity index (χ4v) is 3.48. The van der Waals surface area contributed by atoms with Gasteiger partial charge in [0.15, 0.2) is 0 Å². The van der Waals surface area contributed by atoms with Crippen LogP contribution in [0.2, 0.25) is 0 Å². The number of anilines is 1. The number of rotatable bonds is 5. The number of imidazole rings is 1. The van der Waals surface area contributed by atoms with Gasteiger partial charge in [0.25, 0.3) is 0 Å². The highest BCUT2D eigenvalue weighted by atomic mass is 16.5. The van der Waals surface area contributed by atoms with Crippen LogP contribution >= 0.6 is 0 Å². The van der Waals surface area contributed by atoms with Gasteiger partial charge in [0.1, 0.15) is 11.9 Å². The van der Waals surface area contributed by atoms with Crippen molar-refractivity contribution < 1.29 is 4.74 Å². The van der Waals surface area contributed by atoms with Gasteiger partial charge >= 0.3 is 0 Å². The van der Waals surface area contributed by atoms with Crippen LogP contribution in [0.15, 0.2) is 43.0 Å². The number of hydrogen-bond donors (Lipinski definition) is 1. The van der Waals surface area contributed by atoms with Crippen LogP contribution in [0.1, 0.15) is 32.6 Å². The maximum atomic E-state index is 6.35. The van der Waals surface area contributed by atoms with Gasteiger partial charge in [0, 0.05) is 24.0 Å². The summed E-state index contributed by atoms with van der Waals surface area (Å²) in [6.07, 6.45) is 11.1. The molecule has 1 aromatic carbocycles. The molecule has 4 heteroatoms. The molecule has 1 aliphatic carbocycles. The number of benzene rings is 1. The number of nitrogen functional groups attached to an aromatic ring is 1. The lowest BCUT2D eigenvalue weighted by Gasteiger charge is -2.35. The van der Waals surface area contributed by atoms with Crippen molar-refractivity contribution in [3.63, 3.8) is 0 Å². The van der Waals surface area contributed by atoms with Crippen molar-refractivity contribution in [3.8, 4) is 5.75 Å². The summed E-state index contributed by atoms with van der Waals surface area (Å²) in [7, 11) is 0. The Morgan fingerprint density at radius 2 is 2.05 bits per heavy atom. The molecule has 1 saturated carbocycles. The molecule has 4 nitrogen and oxygen atoms in total. The van der Waals surface area contributed by atoms with E-state index in [0.29, 0.717) is 11.8 Å². The molecule has 3 atom stereocenters. The molecule has 1 heterocycles. The molecule has 0 radical (unpaired) electrons. The first kappa shape index (κ1) is 14.9. The average molecular weight is 299 g/mol. The SMILES string of the molecule is CC1CCCCC1C(Cn1ccnc1)Oc1ccc(N)cc1. The highest BCUT2D eigenvalue weighted by molar-refractivity contribution is 5.41. The second-order valence-electron chi connectivity index (χ2n) is 6.41. The van der Waals surface area contributed by atoms with E-state index in [-0.39, 0.29) is 6.10 Å². The summed E-state index contributed by atoms with van der Waals surface area (Å²) >= 11 is 0. The standard InChI is InChI=1S/C18H25N3O/c1-14-4-2-3-5-17(14)18(12-21-11-10-20-13-21)22-16-8-6-15(19)7-9-16/h6-11,13-14,17-18H,2-5,12,19H2,1H3. The van der Waals surface area contributed by atoms with Crippen molar-refractivity contribution >= 4 is 5.69 Å². The second kappa shape index (κ2) is 6.86. The topological polar surface area (TPSA) is 53.1 Å². The minimum Gasteiger partial charge on any atom is -0.488 e. The number of hydrogen-bond acceptors (Lipinski definition) is 3. The lowest BCUT2D eigenvalue weighted by molar-refractivity contribution is 0.0604. The molecule has 0 bridgehead atoms. The van der Waals surface area contributed by atoms with Crippen LogP contribution in [0, 0.1) is 11.8 Å². The molecule has 1 aliphatic rings. The van der Waals surface area contributed by atoms with E-state index >= 15 is 0 Å². The Balaban J connectivity index is 1.76. The van der Waals surface area contributed by atoms with E-state index in [2.05, 4.69) is 16.5 Å². The van der Waals surface area contributed by atoms with Gasteiger partial charge in [-0.1, -0.05) is 26.2 Å². The number of nitrogens with two attached hydrogens (primary N) is 1. The summed E-state index contributed by atoms with van der Waals surface area (Å²) in [6, 6.07) is 7.72. The van der Waals surface area contributed by atoms with Crippen LogP contribution in [0.3, 0.4) is 0 Å². The highest BCUT2D eigenvalue weighted by Crippen LogP contribution is 2.34. The summed E-state index contributed by atoms with van der Waals surface area (Å²) < 4.78 is 8.46. The lowest BCUT2D eigenvalue weighted by Crippen LogP contribution is -2.36. The third kappa shape index (κ3) is 3.62. The first-order valence-corrected chi connectivity index (χ1v) is 8.20. The summed E-state index contributed by atoms with van der Waals surface area (Å²) in [5.74, 6) is 2.20. The van der Waals surface area contributed by atoms with Crippen LogP contribution in [-0.2, 0) is 6.54 Å². The Hall–Kier alpha value is -1.97. The smallest absolute Gasteiger partial charge is 0.120 e. The maximum absolute atomic E-state index is 6.35.